The van der Waals surface area contributed by atoms with Gasteiger partial charge in [-0.1, -0.05) is 99.7 Å². The Morgan fingerprint density at radius 2 is 1.54 bits per heavy atom. The molecule has 0 bridgehead atoms. The topological polar surface area (TPSA) is 0 Å². The van der Waals surface area contributed by atoms with E-state index in [2.05, 4.69) is 101 Å². The SMILES string of the molecule is C=C1C(c2ccc3c(c2)CCCC3)=CCc2cc(CC(C)C(C)(C)Cc3ccc(C)cc3)ccc21. The average Bonchev–Trinajstić information content (AvgIpc) is 2.85. The highest BCUT2D eigenvalue weighted by Crippen LogP contribution is 2.39. The van der Waals surface area contributed by atoms with E-state index in [1.54, 1.807) is 11.1 Å². The molecule has 5 rings (SSSR count). The second-order valence-electron chi connectivity index (χ2n) is 11.7. The lowest BCUT2D eigenvalue weighted by Crippen LogP contribution is -2.26. The minimum Gasteiger partial charge on any atom is -0.0905 e. The van der Waals surface area contributed by atoms with E-state index < -0.39 is 0 Å². The van der Waals surface area contributed by atoms with E-state index in [0.717, 1.165) is 19.3 Å². The Morgan fingerprint density at radius 3 is 2.31 bits per heavy atom. The van der Waals surface area contributed by atoms with E-state index in [1.807, 2.05) is 0 Å². The van der Waals surface area contributed by atoms with E-state index >= 15 is 0 Å². The van der Waals surface area contributed by atoms with Crippen molar-refractivity contribution in [2.75, 3.05) is 0 Å². The van der Waals surface area contributed by atoms with E-state index in [0.29, 0.717) is 5.92 Å². The number of hydrogen-bond donors (Lipinski definition) is 0. The zero-order chi connectivity index (χ0) is 24.6. The van der Waals surface area contributed by atoms with Gasteiger partial charge in [0.15, 0.2) is 0 Å². The molecule has 1 atom stereocenters. The molecule has 0 aliphatic heterocycles. The van der Waals surface area contributed by atoms with Gasteiger partial charge in [-0.25, -0.2) is 0 Å². The van der Waals surface area contributed by atoms with Crippen molar-refractivity contribution in [3.05, 3.63) is 118 Å². The summed E-state index contributed by atoms with van der Waals surface area (Å²) in [5.74, 6) is 0.593. The first-order chi connectivity index (χ1) is 16.8. The number of benzene rings is 3. The molecule has 35 heavy (non-hydrogen) atoms. The van der Waals surface area contributed by atoms with Crippen LogP contribution in [0.15, 0.2) is 73.3 Å². The van der Waals surface area contributed by atoms with Gasteiger partial charge in [0, 0.05) is 0 Å². The zero-order valence-corrected chi connectivity index (χ0v) is 22.1. The van der Waals surface area contributed by atoms with Crippen LogP contribution >= 0.6 is 0 Å². The maximum Gasteiger partial charge on any atom is -0.00818 e. The number of allylic oxidation sites excluding steroid dienone is 3. The molecule has 0 N–H and O–H groups in total. The third kappa shape index (κ3) is 5.08. The highest BCUT2D eigenvalue weighted by Gasteiger charge is 2.27. The molecular weight excluding hydrogens is 420 g/mol. The molecule has 0 heterocycles. The van der Waals surface area contributed by atoms with E-state index in [-0.39, 0.29) is 5.41 Å². The fraction of sp³-hybridized carbons (Fsp3) is 0.371. The smallest absolute Gasteiger partial charge is 0.00818 e. The third-order valence-electron chi connectivity index (χ3n) is 8.66. The minimum absolute atomic E-state index is 0.244. The summed E-state index contributed by atoms with van der Waals surface area (Å²) in [7, 11) is 0. The van der Waals surface area contributed by atoms with Gasteiger partial charge in [-0.15, -0.1) is 0 Å². The van der Waals surface area contributed by atoms with Gasteiger partial charge in [0.25, 0.3) is 0 Å². The van der Waals surface area contributed by atoms with Gasteiger partial charge in [-0.2, -0.15) is 0 Å². The van der Waals surface area contributed by atoms with E-state index in [1.165, 1.54) is 70.2 Å². The van der Waals surface area contributed by atoms with Crippen LogP contribution in [-0.2, 0) is 32.1 Å². The van der Waals surface area contributed by atoms with Gasteiger partial charge in [0.2, 0.25) is 0 Å². The normalized spacial score (nSPS) is 16.3. The van der Waals surface area contributed by atoms with E-state index in [9.17, 15) is 0 Å². The second-order valence-corrected chi connectivity index (χ2v) is 11.7. The van der Waals surface area contributed by atoms with Crippen LogP contribution in [-0.4, -0.2) is 0 Å². The Bertz CT molecular complexity index is 1270. The Morgan fingerprint density at radius 1 is 0.829 bits per heavy atom. The fourth-order valence-electron chi connectivity index (χ4n) is 5.95. The minimum atomic E-state index is 0.244. The first-order valence-electron chi connectivity index (χ1n) is 13.5. The molecule has 0 amide bonds. The average molecular weight is 461 g/mol. The summed E-state index contributed by atoms with van der Waals surface area (Å²) < 4.78 is 0. The van der Waals surface area contributed by atoms with Crippen LogP contribution in [0.3, 0.4) is 0 Å². The fourth-order valence-corrected chi connectivity index (χ4v) is 5.95. The van der Waals surface area contributed by atoms with Crippen molar-refractivity contribution < 1.29 is 0 Å². The highest BCUT2D eigenvalue weighted by molar-refractivity contribution is 6.06. The summed E-state index contributed by atoms with van der Waals surface area (Å²) in [6, 6.07) is 23.3. The molecule has 0 heteroatoms. The largest absolute Gasteiger partial charge is 0.0905 e. The molecule has 0 saturated heterocycles. The maximum absolute atomic E-state index is 4.54. The molecule has 3 aromatic rings. The second kappa shape index (κ2) is 9.65. The number of aryl methyl sites for hydroxylation is 3. The summed E-state index contributed by atoms with van der Waals surface area (Å²) in [6.07, 6.45) is 10.7. The summed E-state index contributed by atoms with van der Waals surface area (Å²) >= 11 is 0. The Hall–Kier alpha value is -2.86. The van der Waals surface area contributed by atoms with Crippen LogP contribution in [0, 0.1) is 18.3 Å². The first-order valence-corrected chi connectivity index (χ1v) is 13.5. The Kier molecular flexibility index (Phi) is 6.58. The standard InChI is InChI=1S/C35H40/c1-24-10-12-27(13-11-24)23-35(4,5)25(2)20-28-14-18-33-26(3)34(19-17-31(33)21-28)32-16-15-29-8-6-7-9-30(29)22-32/h10-16,18-19,21-22,25H,3,6-9,17,20,23H2,1-2,4-5H3. The van der Waals surface area contributed by atoms with E-state index in [4.69, 9.17) is 0 Å². The van der Waals surface area contributed by atoms with Crippen molar-refractivity contribution in [3.63, 3.8) is 0 Å². The zero-order valence-electron chi connectivity index (χ0n) is 22.1. The monoisotopic (exact) mass is 460 g/mol. The van der Waals surface area contributed by atoms with Crippen LogP contribution in [0.1, 0.15) is 78.1 Å². The maximum atomic E-state index is 4.54. The summed E-state index contributed by atoms with van der Waals surface area (Å²) in [6.45, 7) is 14.0. The lowest BCUT2D eigenvalue weighted by atomic mass is 9.72. The lowest BCUT2D eigenvalue weighted by molar-refractivity contribution is 0.227. The molecule has 0 nitrogen and oxygen atoms in total. The molecule has 3 aromatic carbocycles. The molecule has 180 valence electrons. The van der Waals surface area contributed by atoms with Crippen LogP contribution in [0.25, 0.3) is 11.1 Å². The van der Waals surface area contributed by atoms with Crippen LogP contribution in [0.5, 0.6) is 0 Å². The quantitative estimate of drug-likeness (QED) is 0.344. The van der Waals surface area contributed by atoms with Crippen LogP contribution in [0.4, 0.5) is 0 Å². The Labute approximate surface area is 212 Å². The van der Waals surface area contributed by atoms with Crippen molar-refractivity contribution in [1.82, 2.24) is 0 Å². The summed E-state index contributed by atoms with van der Waals surface area (Å²) in [5, 5.41) is 0. The number of hydrogen-bond acceptors (Lipinski definition) is 0. The molecule has 2 aliphatic rings. The highest BCUT2D eigenvalue weighted by atomic mass is 14.3. The third-order valence-corrected chi connectivity index (χ3v) is 8.66. The predicted octanol–water partition coefficient (Wildman–Crippen LogP) is 8.97. The van der Waals surface area contributed by atoms with Gasteiger partial charge >= 0.3 is 0 Å². The molecule has 0 saturated carbocycles. The van der Waals surface area contributed by atoms with Crippen molar-refractivity contribution in [2.24, 2.45) is 11.3 Å². The van der Waals surface area contributed by atoms with Gasteiger partial charge < -0.3 is 0 Å². The van der Waals surface area contributed by atoms with Crippen molar-refractivity contribution in [1.29, 1.82) is 0 Å². The molecule has 0 spiro atoms. The van der Waals surface area contributed by atoms with Gasteiger partial charge in [0.1, 0.15) is 0 Å². The molecule has 2 aliphatic carbocycles. The summed E-state index contributed by atoms with van der Waals surface area (Å²) in [4.78, 5) is 0. The summed E-state index contributed by atoms with van der Waals surface area (Å²) in [5.41, 5.74) is 14.2. The van der Waals surface area contributed by atoms with Crippen molar-refractivity contribution in [3.8, 4) is 0 Å². The molecule has 0 aromatic heterocycles. The first kappa shape index (κ1) is 23.9. The van der Waals surface area contributed by atoms with Gasteiger partial charge in [-0.3, -0.25) is 0 Å². The van der Waals surface area contributed by atoms with Crippen molar-refractivity contribution >= 4 is 11.1 Å². The number of rotatable bonds is 6. The van der Waals surface area contributed by atoms with Crippen LogP contribution in [0.2, 0.25) is 0 Å². The molecule has 0 radical (unpaired) electrons. The van der Waals surface area contributed by atoms with Gasteiger partial charge in [-0.05, 0) is 113 Å². The molecular formula is C35H40. The predicted molar refractivity (Wildman–Crippen MR) is 152 cm³/mol. The van der Waals surface area contributed by atoms with Crippen molar-refractivity contribution in [2.45, 2.75) is 72.6 Å². The Balaban J connectivity index is 1.30. The lowest BCUT2D eigenvalue weighted by Gasteiger charge is -2.33. The molecule has 0 fully saturated rings. The number of fused-ring (bicyclic) bond motifs is 2. The van der Waals surface area contributed by atoms with Crippen LogP contribution < -0.4 is 0 Å². The molecule has 1 unspecified atom stereocenters. The van der Waals surface area contributed by atoms with Gasteiger partial charge in [0.05, 0.1) is 0 Å².